The van der Waals surface area contributed by atoms with E-state index in [0.717, 1.165) is 21.2 Å². The number of halogens is 1. The quantitative estimate of drug-likeness (QED) is 0.702. The first-order chi connectivity index (χ1) is 9.66. The average Bonchev–Trinajstić information content (AvgIpc) is 2.40. The summed E-state index contributed by atoms with van der Waals surface area (Å²) in [7, 11) is 0. The highest BCUT2D eigenvalue weighted by atomic mass is 79.9. The van der Waals surface area contributed by atoms with Crippen LogP contribution in [-0.4, -0.2) is 5.78 Å². The normalized spacial score (nSPS) is 14.9. The summed E-state index contributed by atoms with van der Waals surface area (Å²) in [5.74, 6) is 0.815. The molecule has 0 unspecified atom stereocenters. The van der Waals surface area contributed by atoms with Gasteiger partial charge in [0, 0.05) is 15.6 Å². The summed E-state index contributed by atoms with van der Waals surface area (Å²) in [4.78, 5) is 12.6. The van der Waals surface area contributed by atoms with Crippen molar-refractivity contribution in [3.05, 3.63) is 69.2 Å². The largest absolute Gasteiger partial charge is 0.289 e. The van der Waals surface area contributed by atoms with Gasteiger partial charge in [0.05, 0.1) is 0 Å². The second kappa shape index (κ2) is 5.53. The molecule has 0 heterocycles. The van der Waals surface area contributed by atoms with E-state index in [2.05, 4.69) is 28.1 Å². The van der Waals surface area contributed by atoms with Gasteiger partial charge >= 0.3 is 0 Å². The molecule has 20 heavy (non-hydrogen) atoms. The number of rotatable bonds is 3. The molecule has 2 aromatic carbocycles. The molecule has 1 nitrogen and oxygen atoms in total. The summed E-state index contributed by atoms with van der Waals surface area (Å²) < 4.78 is 0.981. The Labute approximate surface area is 128 Å². The first-order valence-corrected chi connectivity index (χ1v) is 7.86. The van der Waals surface area contributed by atoms with Gasteiger partial charge in [-0.1, -0.05) is 58.7 Å². The van der Waals surface area contributed by atoms with Gasteiger partial charge in [0.25, 0.3) is 0 Å². The molecule has 1 aliphatic carbocycles. The summed E-state index contributed by atoms with van der Waals surface area (Å²) in [5, 5.41) is 0. The Hall–Kier alpha value is -1.41. The van der Waals surface area contributed by atoms with Gasteiger partial charge in [0.15, 0.2) is 5.78 Å². The van der Waals surface area contributed by atoms with Crippen LogP contribution in [0.1, 0.15) is 52.2 Å². The van der Waals surface area contributed by atoms with Gasteiger partial charge in [-0.2, -0.15) is 0 Å². The van der Waals surface area contributed by atoms with Crippen molar-refractivity contribution in [2.45, 2.75) is 32.1 Å². The lowest BCUT2D eigenvalue weighted by molar-refractivity contribution is 0.103. The molecule has 1 aliphatic rings. The summed E-state index contributed by atoms with van der Waals surface area (Å²) in [6.45, 7) is 1.97. The van der Waals surface area contributed by atoms with Gasteiger partial charge in [0.2, 0.25) is 0 Å². The first-order valence-electron chi connectivity index (χ1n) is 7.06. The average molecular weight is 329 g/mol. The van der Waals surface area contributed by atoms with Gasteiger partial charge in [-0.05, 0) is 42.9 Å². The van der Waals surface area contributed by atoms with Crippen LogP contribution in [0, 0.1) is 6.92 Å². The molecule has 0 N–H and O–H groups in total. The Bertz CT molecular complexity index is 639. The fourth-order valence-electron chi connectivity index (χ4n) is 2.66. The molecule has 2 heteroatoms. The zero-order valence-electron chi connectivity index (χ0n) is 11.5. The molecule has 3 rings (SSSR count). The topological polar surface area (TPSA) is 17.1 Å². The molecule has 0 atom stereocenters. The van der Waals surface area contributed by atoms with Crippen molar-refractivity contribution in [3.63, 3.8) is 0 Å². The lowest BCUT2D eigenvalue weighted by atomic mass is 9.80. The van der Waals surface area contributed by atoms with E-state index in [1.54, 1.807) is 0 Å². The summed E-state index contributed by atoms with van der Waals surface area (Å²) >= 11 is 3.48. The second-order valence-corrected chi connectivity index (χ2v) is 6.35. The van der Waals surface area contributed by atoms with Crippen LogP contribution in [0.15, 0.2) is 46.9 Å². The van der Waals surface area contributed by atoms with Crippen LogP contribution in [-0.2, 0) is 0 Å². The lowest BCUT2D eigenvalue weighted by Gasteiger charge is -2.25. The summed E-state index contributed by atoms with van der Waals surface area (Å²) in [6.07, 6.45) is 3.92. The van der Waals surface area contributed by atoms with Crippen molar-refractivity contribution in [2.24, 2.45) is 0 Å². The minimum atomic E-state index is 0.101. The van der Waals surface area contributed by atoms with Gasteiger partial charge in [-0.15, -0.1) is 0 Å². The third-order valence-electron chi connectivity index (χ3n) is 4.26. The van der Waals surface area contributed by atoms with Gasteiger partial charge in [-0.3, -0.25) is 4.79 Å². The molecule has 0 amide bonds. The van der Waals surface area contributed by atoms with E-state index in [4.69, 9.17) is 0 Å². The highest BCUT2D eigenvalue weighted by Crippen LogP contribution is 2.36. The molecule has 102 valence electrons. The van der Waals surface area contributed by atoms with E-state index in [1.165, 1.54) is 24.8 Å². The van der Waals surface area contributed by atoms with Crippen molar-refractivity contribution < 1.29 is 4.79 Å². The third kappa shape index (κ3) is 2.45. The summed E-state index contributed by atoms with van der Waals surface area (Å²) in [6, 6.07) is 13.9. The minimum Gasteiger partial charge on any atom is -0.289 e. The molecule has 2 aromatic rings. The second-order valence-electron chi connectivity index (χ2n) is 5.49. The monoisotopic (exact) mass is 328 g/mol. The van der Waals surface area contributed by atoms with E-state index < -0.39 is 0 Å². The predicted octanol–water partition coefficient (Wildman–Crippen LogP) is 5.26. The van der Waals surface area contributed by atoms with Crippen molar-refractivity contribution in [3.8, 4) is 0 Å². The van der Waals surface area contributed by atoms with E-state index in [1.807, 2.05) is 37.3 Å². The molecule has 0 spiro atoms. The Morgan fingerprint density at radius 3 is 2.40 bits per heavy atom. The Morgan fingerprint density at radius 1 is 1.10 bits per heavy atom. The molecular weight excluding hydrogens is 312 g/mol. The molecule has 0 aliphatic heterocycles. The number of ketones is 1. The van der Waals surface area contributed by atoms with Crippen molar-refractivity contribution in [1.82, 2.24) is 0 Å². The minimum absolute atomic E-state index is 0.101. The van der Waals surface area contributed by atoms with Crippen LogP contribution in [0.4, 0.5) is 0 Å². The maximum Gasteiger partial charge on any atom is 0.193 e. The molecule has 0 bridgehead atoms. The van der Waals surface area contributed by atoms with E-state index >= 15 is 0 Å². The highest BCUT2D eigenvalue weighted by Gasteiger charge is 2.20. The SMILES string of the molecule is Cc1c(Br)cccc1C(=O)c1ccc(C2CCC2)cc1. The van der Waals surface area contributed by atoms with Crippen LogP contribution < -0.4 is 0 Å². The number of carbonyl (C=O) groups is 1. The van der Waals surface area contributed by atoms with Gasteiger partial charge in [-0.25, -0.2) is 0 Å². The maximum absolute atomic E-state index is 12.6. The number of hydrogen-bond acceptors (Lipinski definition) is 1. The molecule has 0 saturated heterocycles. The lowest BCUT2D eigenvalue weighted by Crippen LogP contribution is -2.09. The highest BCUT2D eigenvalue weighted by molar-refractivity contribution is 9.10. The predicted molar refractivity (Wildman–Crippen MR) is 85.3 cm³/mol. The third-order valence-corrected chi connectivity index (χ3v) is 5.12. The molecular formula is C18H17BrO. The Balaban J connectivity index is 1.88. The smallest absolute Gasteiger partial charge is 0.193 e. The zero-order chi connectivity index (χ0) is 14.1. The van der Waals surface area contributed by atoms with Crippen LogP contribution in [0.25, 0.3) is 0 Å². The van der Waals surface area contributed by atoms with Crippen LogP contribution >= 0.6 is 15.9 Å². The summed E-state index contributed by atoms with van der Waals surface area (Å²) in [5.41, 5.74) is 3.92. The van der Waals surface area contributed by atoms with Gasteiger partial charge < -0.3 is 0 Å². The zero-order valence-corrected chi connectivity index (χ0v) is 13.1. The van der Waals surface area contributed by atoms with E-state index in [9.17, 15) is 4.79 Å². The van der Waals surface area contributed by atoms with E-state index in [-0.39, 0.29) is 5.78 Å². The van der Waals surface area contributed by atoms with E-state index in [0.29, 0.717) is 5.92 Å². The van der Waals surface area contributed by atoms with Crippen molar-refractivity contribution >= 4 is 21.7 Å². The number of hydrogen-bond donors (Lipinski definition) is 0. The first kappa shape index (κ1) is 13.6. The fraction of sp³-hybridized carbons (Fsp3) is 0.278. The maximum atomic E-state index is 12.6. The van der Waals surface area contributed by atoms with Crippen LogP contribution in [0.3, 0.4) is 0 Å². The van der Waals surface area contributed by atoms with Crippen LogP contribution in [0.2, 0.25) is 0 Å². The fourth-order valence-corrected chi connectivity index (χ4v) is 3.02. The van der Waals surface area contributed by atoms with Crippen molar-refractivity contribution in [1.29, 1.82) is 0 Å². The Morgan fingerprint density at radius 2 is 1.80 bits per heavy atom. The standard InChI is InChI=1S/C18H17BrO/c1-12-16(6-3-7-17(12)19)18(20)15-10-8-14(9-11-15)13-4-2-5-13/h3,6-11,13H,2,4-5H2,1H3. The molecule has 0 aromatic heterocycles. The molecule has 1 saturated carbocycles. The molecule has 1 fully saturated rings. The van der Waals surface area contributed by atoms with Crippen molar-refractivity contribution in [2.75, 3.05) is 0 Å². The Kier molecular flexibility index (Phi) is 3.75. The molecule has 0 radical (unpaired) electrons. The van der Waals surface area contributed by atoms with Crippen LogP contribution in [0.5, 0.6) is 0 Å². The number of carbonyl (C=O) groups excluding carboxylic acids is 1. The van der Waals surface area contributed by atoms with Gasteiger partial charge in [0.1, 0.15) is 0 Å². The number of benzene rings is 2.